The van der Waals surface area contributed by atoms with E-state index >= 15 is 0 Å². The lowest BCUT2D eigenvalue weighted by Crippen LogP contribution is -2.44. The van der Waals surface area contributed by atoms with Gasteiger partial charge >= 0.3 is 0 Å². The van der Waals surface area contributed by atoms with Crippen molar-refractivity contribution in [2.24, 2.45) is 27.7 Å². The van der Waals surface area contributed by atoms with E-state index in [9.17, 15) is 9.90 Å². The third kappa shape index (κ3) is 4.18. The summed E-state index contributed by atoms with van der Waals surface area (Å²) in [5.74, 6) is 1.23. The summed E-state index contributed by atoms with van der Waals surface area (Å²) in [6, 6.07) is 7.21. The molecule has 3 aliphatic heterocycles. The Morgan fingerprint density at radius 1 is 1.26 bits per heavy atom. The number of allylic oxidation sites excluding steroid dienone is 2. The number of phenols is 1. The molecule has 2 fully saturated rings. The van der Waals surface area contributed by atoms with E-state index in [-0.39, 0.29) is 17.6 Å². The van der Waals surface area contributed by atoms with Crippen LogP contribution in [-0.2, 0) is 4.79 Å². The number of carbonyl (C=O) groups is 1. The van der Waals surface area contributed by atoms with Gasteiger partial charge < -0.3 is 15.3 Å². The molecule has 2 atom stereocenters. The second-order valence-corrected chi connectivity index (χ2v) is 8.95. The number of aliphatic imine (C=N–C) groups is 2. The molecule has 31 heavy (non-hydrogen) atoms. The monoisotopic (exact) mass is 414 g/mol. The molecular weight excluding hydrogens is 387 g/mol. The minimum absolute atomic E-state index is 0.00704. The normalized spacial score (nSPS) is 25.6. The lowest BCUT2D eigenvalue weighted by Gasteiger charge is -2.35. The number of hydrogen-bond donors (Lipinski definition) is 2. The molecule has 5 rings (SSSR count). The Bertz CT molecular complexity index is 1010. The lowest BCUT2D eigenvalue weighted by atomic mass is 9.83. The van der Waals surface area contributed by atoms with Crippen molar-refractivity contribution < 1.29 is 9.90 Å². The molecule has 1 aromatic carbocycles. The van der Waals surface area contributed by atoms with Crippen LogP contribution in [0.25, 0.3) is 0 Å². The highest BCUT2D eigenvalue weighted by atomic mass is 16.3. The minimum atomic E-state index is -0.00704. The first-order chi connectivity index (χ1) is 15.1. The van der Waals surface area contributed by atoms with E-state index in [1.165, 1.54) is 0 Å². The van der Waals surface area contributed by atoms with Crippen LogP contribution in [0.1, 0.15) is 31.2 Å². The molecule has 4 aliphatic rings. The topological polar surface area (TPSA) is 77.3 Å². The maximum Gasteiger partial charge on any atom is 0.225 e. The van der Waals surface area contributed by atoms with Crippen LogP contribution in [0.3, 0.4) is 0 Å². The van der Waals surface area contributed by atoms with Gasteiger partial charge in [-0.3, -0.25) is 14.8 Å². The summed E-state index contributed by atoms with van der Waals surface area (Å²) in [7, 11) is 6.22. The molecule has 3 heterocycles. The molecule has 1 amide bonds. The molecule has 2 N–H and O–H groups in total. The summed E-state index contributed by atoms with van der Waals surface area (Å²) in [5.41, 5.74) is 3.76. The van der Waals surface area contributed by atoms with Gasteiger partial charge in [0.2, 0.25) is 5.91 Å². The molecule has 1 aromatic rings. The number of carbonyl (C=O) groups excluding carboxylic acids is 1. The zero-order chi connectivity index (χ0) is 21.4. The number of benzene rings is 1. The molecule has 0 spiro atoms. The van der Waals surface area contributed by atoms with Crippen LogP contribution in [0, 0.1) is 17.8 Å². The summed E-state index contributed by atoms with van der Waals surface area (Å²) in [4.78, 5) is 23.7. The van der Waals surface area contributed by atoms with Crippen molar-refractivity contribution >= 4 is 25.7 Å². The summed E-state index contributed by atoms with van der Waals surface area (Å²) in [5, 5.41) is 14.0. The second-order valence-electron chi connectivity index (χ2n) is 8.95. The highest BCUT2D eigenvalue weighted by Crippen LogP contribution is 2.34. The number of fused-ring (bicyclic) bond motifs is 1. The standard InChI is InChI=1S/C24H27BN4O2/c25-19-13-26-12-18-20(10-21(28-23(18)19)17-5-1-2-6-22(17)30)27-11-15-4-3-9-29(14-15)24(31)16-7-8-16/h1-2,5-6,10,13,15-16,18,27,30H,3-4,7-9,11-12,14H2. The van der Waals surface area contributed by atoms with Crippen molar-refractivity contribution in [2.75, 3.05) is 26.2 Å². The molecule has 158 valence electrons. The number of nitrogens with one attached hydrogen (secondary N) is 1. The Balaban J connectivity index is 1.35. The van der Waals surface area contributed by atoms with Gasteiger partial charge in [0.1, 0.15) is 13.6 Å². The maximum atomic E-state index is 12.5. The highest BCUT2D eigenvalue weighted by Gasteiger charge is 2.35. The zero-order valence-electron chi connectivity index (χ0n) is 17.6. The fourth-order valence-electron chi connectivity index (χ4n) is 4.69. The highest BCUT2D eigenvalue weighted by molar-refractivity contribution is 6.33. The van der Waals surface area contributed by atoms with E-state index in [1.807, 2.05) is 18.2 Å². The van der Waals surface area contributed by atoms with Crippen molar-refractivity contribution in [3.8, 4) is 5.75 Å². The van der Waals surface area contributed by atoms with Crippen LogP contribution in [0.2, 0.25) is 0 Å². The summed E-state index contributed by atoms with van der Waals surface area (Å²) < 4.78 is 0. The molecule has 0 bridgehead atoms. The number of phenolic OH excluding ortho intramolecular Hbond substituents is 1. The Labute approximate surface area is 184 Å². The summed E-state index contributed by atoms with van der Waals surface area (Å²) in [6.07, 6.45) is 7.95. The molecule has 1 aliphatic carbocycles. The first-order valence-electron chi connectivity index (χ1n) is 11.2. The van der Waals surface area contributed by atoms with E-state index in [2.05, 4.69) is 15.2 Å². The minimum Gasteiger partial charge on any atom is -0.507 e. The van der Waals surface area contributed by atoms with Crippen LogP contribution >= 0.6 is 0 Å². The van der Waals surface area contributed by atoms with E-state index < -0.39 is 0 Å². The second kappa shape index (κ2) is 8.37. The predicted octanol–water partition coefficient (Wildman–Crippen LogP) is 2.40. The number of amides is 1. The Hall–Kier alpha value is -2.83. The van der Waals surface area contributed by atoms with Crippen molar-refractivity contribution in [3.05, 3.63) is 52.8 Å². The number of para-hydroxylation sites is 1. The fraction of sp³-hybridized carbons (Fsp3) is 0.458. The number of dihydropyridines is 2. The largest absolute Gasteiger partial charge is 0.507 e. The van der Waals surface area contributed by atoms with Gasteiger partial charge in [0.15, 0.2) is 0 Å². The van der Waals surface area contributed by atoms with E-state index in [0.29, 0.717) is 35.1 Å². The Kier molecular flexibility index (Phi) is 5.42. The van der Waals surface area contributed by atoms with Crippen molar-refractivity contribution in [2.45, 2.75) is 25.7 Å². The molecule has 7 heteroatoms. The smallest absolute Gasteiger partial charge is 0.225 e. The third-order valence-corrected chi connectivity index (χ3v) is 6.58. The van der Waals surface area contributed by atoms with Gasteiger partial charge in [0, 0.05) is 48.7 Å². The quantitative estimate of drug-likeness (QED) is 0.727. The Morgan fingerprint density at radius 2 is 2.10 bits per heavy atom. The third-order valence-electron chi connectivity index (χ3n) is 6.58. The van der Waals surface area contributed by atoms with E-state index in [1.54, 1.807) is 18.3 Å². The number of nitrogens with zero attached hydrogens (tertiary/aromatic N) is 3. The number of piperidine rings is 1. The first-order valence-corrected chi connectivity index (χ1v) is 11.2. The molecule has 0 aromatic heterocycles. The molecule has 1 saturated carbocycles. The lowest BCUT2D eigenvalue weighted by molar-refractivity contribution is -0.134. The fourth-order valence-corrected chi connectivity index (χ4v) is 4.69. The van der Waals surface area contributed by atoms with Crippen LogP contribution in [0.15, 0.2) is 57.2 Å². The van der Waals surface area contributed by atoms with Crippen molar-refractivity contribution in [1.29, 1.82) is 0 Å². The average molecular weight is 414 g/mol. The van der Waals surface area contributed by atoms with E-state index in [4.69, 9.17) is 12.8 Å². The van der Waals surface area contributed by atoms with Crippen LogP contribution in [-0.4, -0.2) is 61.9 Å². The number of likely N-dealkylation sites (tertiary alicyclic amines) is 1. The van der Waals surface area contributed by atoms with Gasteiger partial charge in [-0.15, -0.1) is 0 Å². The van der Waals surface area contributed by atoms with Gasteiger partial charge in [-0.1, -0.05) is 17.6 Å². The number of rotatable bonds is 5. The molecule has 2 unspecified atom stereocenters. The summed E-state index contributed by atoms with van der Waals surface area (Å²) in [6.45, 7) is 3.11. The van der Waals surface area contributed by atoms with E-state index in [0.717, 1.165) is 56.7 Å². The van der Waals surface area contributed by atoms with Gasteiger partial charge in [-0.2, -0.15) is 0 Å². The first kappa shape index (κ1) is 20.1. The van der Waals surface area contributed by atoms with Gasteiger partial charge in [-0.25, -0.2) is 0 Å². The molecular formula is C24H27BN4O2. The Morgan fingerprint density at radius 3 is 2.90 bits per heavy atom. The van der Waals surface area contributed by atoms with Crippen LogP contribution in [0.4, 0.5) is 0 Å². The molecule has 2 radical (unpaired) electrons. The van der Waals surface area contributed by atoms with Gasteiger partial charge in [-0.05, 0) is 49.8 Å². The van der Waals surface area contributed by atoms with Gasteiger partial charge in [0.25, 0.3) is 0 Å². The van der Waals surface area contributed by atoms with Gasteiger partial charge in [0.05, 0.1) is 18.2 Å². The van der Waals surface area contributed by atoms with Crippen LogP contribution in [0.5, 0.6) is 5.75 Å². The average Bonchev–Trinajstić information content (AvgIpc) is 3.63. The molecule has 1 saturated heterocycles. The van der Waals surface area contributed by atoms with Crippen molar-refractivity contribution in [1.82, 2.24) is 10.2 Å². The van der Waals surface area contributed by atoms with Crippen LogP contribution < -0.4 is 5.32 Å². The predicted molar refractivity (Wildman–Crippen MR) is 122 cm³/mol. The SMILES string of the molecule is [B]C1=C2N=C(c3ccccc3O)C=C(NCC3CCCN(C(=O)C4CC4)C3)C2CN=C1. The molecule has 6 nitrogen and oxygen atoms in total. The number of hydrogen-bond acceptors (Lipinski definition) is 5. The zero-order valence-corrected chi connectivity index (χ0v) is 17.6. The summed E-state index contributed by atoms with van der Waals surface area (Å²) >= 11 is 0. The maximum absolute atomic E-state index is 12.5. The number of aromatic hydroxyl groups is 1. The van der Waals surface area contributed by atoms with Crippen molar-refractivity contribution in [3.63, 3.8) is 0 Å².